The molecule has 1 unspecified atom stereocenters. The number of fused-ring (bicyclic) bond motifs is 1. The molecule has 4 heteroatoms. The monoisotopic (exact) mass is 275 g/mol. The van der Waals surface area contributed by atoms with Gasteiger partial charge in [-0.1, -0.05) is 18.2 Å². The van der Waals surface area contributed by atoms with Crippen LogP contribution in [-0.2, 0) is 11.2 Å². The Hall–Kier alpha value is -1.55. The van der Waals surface area contributed by atoms with Gasteiger partial charge in [-0.05, 0) is 51.5 Å². The number of carbonyl (C=O) groups excluding carboxylic acids is 1. The fraction of sp³-hybridized carbons (Fsp3) is 0.562. The summed E-state index contributed by atoms with van der Waals surface area (Å²) in [4.78, 5) is 16.4. The van der Waals surface area contributed by atoms with Crippen molar-refractivity contribution >= 4 is 11.6 Å². The van der Waals surface area contributed by atoms with Gasteiger partial charge in [0.1, 0.15) is 6.04 Å². The van der Waals surface area contributed by atoms with Gasteiger partial charge in [-0.15, -0.1) is 0 Å². The molecule has 1 heterocycles. The molecule has 1 aromatic carbocycles. The van der Waals surface area contributed by atoms with E-state index >= 15 is 0 Å². The summed E-state index contributed by atoms with van der Waals surface area (Å²) in [6, 6.07) is 8.18. The second-order valence-electron chi connectivity index (χ2n) is 5.81. The van der Waals surface area contributed by atoms with Gasteiger partial charge in [-0.2, -0.15) is 0 Å². The summed E-state index contributed by atoms with van der Waals surface area (Å²) in [6.07, 6.45) is 2.87. The average Bonchev–Trinajstić information content (AvgIpc) is 2.45. The van der Waals surface area contributed by atoms with Gasteiger partial charge >= 0.3 is 0 Å². The SMILES string of the molecule is CN(C)CCCN(C)C(=O)C1CCc2ccccc2N1. The first-order valence-corrected chi connectivity index (χ1v) is 7.32. The molecule has 0 saturated carbocycles. The van der Waals surface area contributed by atoms with E-state index in [0.717, 1.165) is 38.0 Å². The Bertz CT molecular complexity index is 459. The van der Waals surface area contributed by atoms with Crippen molar-refractivity contribution in [3.63, 3.8) is 0 Å². The molecule has 0 bridgehead atoms. The minimum Gasteiger partial charge on any atom is -0.373 e. The fourth-order valence-corrected chi connectivity index (χ4v) is 2.62. The molecule has 1 amide bonds. The second kappa shape index (κ2) is 6.75. The van der Waals surface area contributed by atoms with Gasteiger partial charge in [0.2, 0.25) is 5.91 Å². The van der Waals surface area contributed by atoms with E-state index in [1.807, 2.05) is 18.0 Å². The van der Waals surface area contributed by atoms with E-state index in [1.54, 1.807) is 0 Å². The molecule has 0 fully saturated rings. The second-order valence-corrected chi connectivity index (χ2v) is 5.81. The molecule has 0 saturated heterocycles. The van der Waals surface area contributed by atoms with Crippen LogP contribution in [0.1, 0.15) is 18.4 Å². The molecule has 0 aliphatic carbocycles. The van der Waals surface area contributed by atoms with Crippen molar-refractivity contribution in [3.05, 3.63) is 29.8 Å². The van der Waals surface area contributed by atoms with Crippen LogP contribution in [0.5, 0.6) is 0 Å². The summed E-state index contributed by atoms with van der Waals surface area (Å²) >= 11 is 0. The zero-order chi connectivity index (χ0) is 14.5. The first kappa shape index (κ1) is 14.9. The molecule has 20 heavy (non-hydrogen) atoms. The normalized spacial score (nSPS) is 17.5. The molecule has 1 N–H and O–H groups in total. The third-order valence-electron chi connectivity index (χ3n) is 3.82. The van der Waals surface area contributed by atoms with E-state index < -0.39 is 0 Å². The minimum atomic E-state index is -0.0748. The molecule has 0 spiro atoms. The summed E-state index contributed by atoms with van der Waals surface area (Å²) < 4.78 is 0. The van der Waals surface area contributed by atoms with Gasteiger partial charge in [0.25, 0.3) is 0 Å². The topological polar surface area (TPSA) is 35.6 Å². The van der Waals surface area contributed by atoms with E-state index in [1.165, 1.54) is 5.56 Å². The van der Waals surface area contributed by atoms with Gasteiger partial charge in [0, 0.05) is 19.3 Å². The number of para-hydroxylation sites is 1. The number of hydrogen-bond acceptors (Lipinski definition) is 3. The number of rotatable bonds is 5. The van der Waals surface area contributed by atoms with Gasteiger partial charge in [0.05, 0.1) is 0 Å². The summed E-state index contributed by atoms with van der Waals surface area (Å²) in [5, 5.41) is 3.38. The summed E-state index contributed by atoms with van der Waals surface area (Å²) in [5.74, 6) is 0.207. The highest BCUT2D eigenvalue weighted by Crippen LogP contribution is 2.24. The standard InChI is InChI=1S/C16H25N3O/c1-18(2)11-6-12-19(3)16(20)15-10-9-13-7-4-5-8-14(13)17-15/h4-5,7-8,15,17H,6,9-12H2,1-3H3. The Labute approximate surface area is 121 Å². The quantitative estimate of drug-likeness (QED) is 0.890. The minimum absolute atomic E-state index is 0.0748. The van der Waals surface area contributed by atoms with E-state index in [4.69, 9.17) is 0 Å². The van der Waals surface area contributed by atoms with E-state index in [9.17, 15) is 4.79 Å². The van der Waals surface area contributed by atoms with Crippen LogP contribution in [0.4, 0.5) is 5.69 Å². The summed E-state index contributed by atoms with van der Waals surface area (Å²) in [6.45, 7) is 1.83. The lowest BCUT2D eigenvalue weighted by Gasteiger charge is -2.29. The third kappa shape index (κ3) is 3.73. The molecule has 0 radical (unpaired) electrons. The Morgan fingerprint density at radius 1 is 1.25 bits per heavy atom. The highest BCUT2D eigenvalue weighted by atomic mass is 16.2. The highest BCUT2D eigenvalue weighted by molar-refractivity contribution is 5.85. The van der Waals surface area contributed by atoms with Crippen LogP contribution in [0.25, 0.3) is 0 Å². The molecule has 4 nitrogen and oxygen atoms in total. The molecule has 1 atom stereocenters. The van der Waals surface area contributed by atoms with Crippen molar-refractivity contribution in [2.45, 2.75) is 25.3 Å². The predicted octanol–water partition coefficient (Wildman–Crippen LogP) is 1.82. The van der Waals surface area contributed by atoms with Gasteiger partial charge < -0.3 is 15.1 Å². The summed E-state index contributed by atoms with van der Waals surface area (Å²) in [7, 11) is 6.02. The number of aryl methyl sites for hydroxylation is 1. The highest BCUT2D eigenvalue weighted by Gasteiger charge is 2.25. The number of carbonyl (C=O) groups is 1. The first-order chi connectivity index (χ1) is 9.58. The Morgan fingerprint density at radius 2 is 2.00 bits per heavy atom. The van der Waals surface area contributed by atoms with Crippen LogP contribution in [0.15, 0.2) is 24.3 Å². The molecule has 0 aromatic heterocycles. The van der Waals surface area contributed by atoms with Crippen LogP contribution in [-0.4, -0.2) is 56.0 Å². The molecule has 2 rings (SSSR count). The number of amides is 1. The third-order valence-corrected chi connectivity index (χ3v) is 3.82. The first-order valence-electron chi connectivity index (χ1n) is 7.32. The fourth-order valence-electron chi connectivity index (χ4n) is 2.62. The van der Waals surface area contributed by atoms with Crippen LogP contribution in [0, 0.1) is 0 Å². The van der Waals surface area contributed by atoms with Gasteiger partial charge in [0.15, 0.2) is 0 Å². The average molecular weight is 275 g/mol. The largest absolute Gasteiger partial charge is 0.373 e. The van der Waals surface area contributed by atoms with Crippen molar-refractivity contribution in [1.82, 2.24) is 9.80 Å². The van der Waals surface area contributed by atoms with Gasteiger partial charge in [-0.25, -0.2) is 0 Å². The maximum Gasteiger partial charge on any atom is 0.244 e. The molecule has 1 aliphatic heterocycles. The number of nitrogens with zero attached hydrogens (tertiary/aromatic N) is 2. The summed E-state index contributed by atoms with van der Waals surface area (Å²) in [5.41, 5.74) is 2.42. The lowest BCUT2D eigenvalue weighted by Crippen LogP contribution is -2.43. The lowest BCUT2D eigenvalue weighted by molar-refractivity contribution is -0.131. The Kier molecular flexibility index (Phi) is 5.01. The maximum absolute atomic E-state index is 12.4. The molecule has 110 valence electrons. The number of nitrogens with one attached hydrogen (secondary N) is 1. The van der Waals surface area contributed by atoms with Crippen molar-refractivity contribution in [3.8, 4) is 0 Å². The Balaban J connectivity index is 1.87. The molecular formula is C16H25N3O. The number of hydrogen-bond donors (Lipinski definition) is 1. The van der Waals surface area contributed by atoms with Crippen molar-refractivity contribution in [2.24, 2.45) is 0 Å². The number of benzene rings is 1. The lowest BCUT2D eigenvalue weighted by atomic mass is 9.97. The van der Waals surface area contributed by atoms with Crippen LogP contribution in [0.3, 0.4) is 0 Å². The maximum atomic E-state index is 12.4. The predicted molar refractivity (Wildman–Crippen MR) is 83.0 cm³/mol. The zero-order valence-corrected chi connectivity index (χ0v) is 12.7. The number of likely N-dealkylation sites (N-methyl/N-ethyl adjacent to an activating group) is 1. The number of anilines is 1. The molecular weight excluding hydrogens is 250 g/mol. The Morgan fingerprint density at radius 3 is 2.75 bits per heavy atom. The van der Waals surface area contributed by atoms with E-state index in [0.29, 0.717) is 0 Å². The molecule has 1 aliphatic rings. The van der Waals surface area contributed by atoms with E-state index in [2.05, 4.69) is 42.5 Å². The van der Waals surface area contributed by atoms with Crippen molar-refractivity contribution in [1.29, 1.82) is 0 Å². The zero-order valence-electron chi connectivity index (χ0n) is 12.7. The van der Waals surface area contributed by atoms with Gasteiger partial charge in [-0.3, -0.25) is 4.79 Å². The smallest absolute Gasteiger partial charge is 0.244 e. The van der Waals surface area contributed by atoms with Crippen LogP contribution in [0.2, 0.25) is 0 Å². The molecule has 1 aromatic rings. The van der Waals surface area contributed by atoms with Crippen molar-refractivity contribution < 1.29 is 4.79 Å². The van der Waals surface area contributed by atoms with Crippen LogP contribution < -0.4 is 5.32 Å². The van der Waals surface area contributed by atoms with Crippen LogP contribution >= 0.6 is 0 Å². The van der Waals surface area contributed by atoms with Crippen molar-refractivity contribution in [2.75, 3.05) is 39.5 Å². The van der Waals surface area contributed by atoms with E-state index in [-0.39, 0.29) is 11.9 Å².